The molecule has 0 amide bonds. The van der Waals surface area contributed by atoms with Crippen molar-refractivity contribution in [2.45, 2.75) is 0 Å². The molecule has 0 atom stereocenters. The quantitative estimate of drug-likeness (QED) is 0.364. The van der Waals surface area contributed by atoms with E-state index in [2.05, 4.69) is 25.4 Å². The summed E-state index contributed by atoms with van der Waals surface area (Å²) in [7, 11) is -1.83. The van der Waals surface area contributed by atoms with E-state index in [1.807, 2.05) is 0 Å². The summed E-state index contributed by atoms with van der Waals surface area (Å²) in [5.74, 6) is 6.10. The molecule has 0 saturated carbocycles. The van der Waals surface area contributed by atoms with Gasteiger partial charge in [-0.15, -0.1) is 0 Å². The van der Waals surface area contributed by atoms with E-state index in [4.69, 9.17) is 5.84 Å². The fourth-order valence-electron chi connectivity index (χ4n) is 0.948. The Kier molecular flexibility index (Phi) is 4.40. The van der Waals surface area contributed by atoms with Crippen LogP contribution in [0.4, 0.5) is 11.6 Å². The topological polar surface area (TPSA) is 122 Å². The SMILES string of the molecule is CNS(=O)(=O)CCNc1cc(NN)ncn1. The predicted octanol–water partition coefficient (Wildman–Crippen LogP) is -1.28. The molecule has 0 unspecified atom stereocenters. The molecular formula is C7H14N6O2S. The predicted molar refractivity (Wildman–Crippen MR) is 61.2 cm³/mol. The smallest absolute Gasteiger partial charge is 0.213 e. The molecule has 1 heterocycles. The molecule has 1 rings (SSSR count). The van der Waals surface area contributed by atoms with Gasteiger partial charge in [0, 0.05) is 12.6 Å². The number of nitrogens with one attached hydrogen (secondary N) is 3. The summed E-state index contributed by atoms with van der Waals surface area (Å²) in [4.78, 5) is 7.71. The second-order valence-corrected chi connectivity index (χ2v) is 4.93. The highest BCUT2D eigenvalue weighted by atomic mass is 32.2. The summed E-state index contributed by atoms with van der Waals surface area (Å²) >= 11 is 0. The lowest BCUT2D eigenvalue weighted by Gasteiger charge is -2.06. The molecule has 16 heavy (non-hydrogen) atoms. The number of rotatable bonds is 6. The Morgan fingerprint density at radius 2 is 2.06 bits per heavy atom. The van der Waals surface area contributed by atoms with Gasteiger partial charge in [-0.2, -0.15) is 0 Å². The summed E-state index contributed by atoms with van der Waals surface area (Å²) < 4.78 is 24.4. The maximum atomic E-state index is 11.1. The van der Waals surface area contributed by atoms with Crippen LogP contribution in [0.1, 0.15) is 0 Å². The van der Waals surface area contributed by atoms with Gasteiger partial charge in [0.05, 0.1) is 5.75 Å². The Morgan fingerprint density at radius 3 is 2.69 bits per heavy atom. The van der Waals surface area contributed by atoms with Crippen LogP contribution < -0.4 is 21.3 Å². The molecule has 0 aliphatic carbocycles. The number of hydrogen-bond acceptors (Lipinski definition) is 7. The Labute approximate surface area is 93.7 Å². The van der Waals surface area contributed by atoms with Gasteiger partial charge in [-0.05, 0) is 7.05 Å². The van der Waals surface area contributed by atoms with E-state index in [0.29, 0.717) is 11.6 Å². The summed E-state index contributed by atoms with van der Waals surface area (Å²) in [5, 5.41) is 2.84. The van der Waals surface area contributed by atoms with Gasteiger partial charge in [-0.1, -0.05) is 0 Å². The van der Waals surface area contributed by atoms with Crippen molar-refractivity contribution < 1.29 is 8.42 Å². The first kappa shape index (κ1) is 12.6. The minimum atomic E-state index is -3.20. The van der Waals surface area contributed by atoms with Gasteiger partial charge in [-0.25, -0.2) is 29.0 Å². The van der Waals surface area contributed by atoms with Crippen LogP contribution in [0.15, 0.2) is 12.4 Å². The lowest BCUT2D eigenvalue weighted by Crippen LogP contribution is -2.26. The first-order chi connectivity index (χ1) is 7.57. The van der Waals surface area contributed by atoms with Crippen molar-refractivity contribution in [1.29, 1.82) is 0 Å². The Bertz CT molecular complexity index is 434. The fourth-order valence-corrected chi connectivity index (χ4v) is 1.52. The molecule has 9 heteroatoms. The van der Waals surface area contributed by atoms with E-state index in [1.165, 1.54) is 13.4 Å². The molecule has 0 saturated heterocycles. The minimum Gasteiger partial charge on any atom is -0.369 e. The molecule has 0 radical (unpaired) electrons. The number of nitrogens with two attached hydrogens (primary N) is 1. The van der Waals surface area contributed by atoms with Gasteiger partial charge < -0.3 is 10.7 Å². The van der Waals surface area contributed by atoms with Crippen LogP contribution >= 0.6 is 0 Å². The molecule has 0 aromatic carbocycles. The van der Waals surface area contributed by atoms with E-state index in [9.17, 15) is 8.42 Å². The van der Waals surface area contributed by atoms with Crippen molar-refractivity contribution in [2.24, 2.45) is 5.84 Å². The van der Waals surface area contributed by atoms with Gasteiger partial charge in [-0.3, -0.25) is 0 Å². The molecule has 0 aliphatic heterocycles. The summed E-state index contributed by atoms with van der Waals surface area (Å²) in [6, 6.07) is 1.58. The largest absolute Gasteiger partial charge is 0.369 e. The van der Waals surface area contributed by atoms with Crippen molar-refractivity contribution in [3.8, 4) is 0 Å². The highest BCUT2D eigenvalue weighted by Crippen LogP contribution is 2.06. The van der Waals surface area contributed by atoms with Crippen molar-refractivity contribution in [1.82, 2.24) is 14.7 Å². The van der Waals surface area contributed by atoms with E-state index >= 15 is 0 Å². The minimum absolute atomic E-state index is 0.0289. The highest BCUT2D eigenvalue weighted by molar-refractivity contribution is 7.89. The zero-order valence-electron chi connectivity index (χ0n) is 8.77. The monoisotopic (exact) mass is 246 g/mol. The number of anilines is 2. The van der Waals surface area contributed by atoms with Crippen LogP contribution in [0.5, 0.6) is 0 Å². The molecule has 90 valence electrons. The van der Waals surface area contributed by atoms with Crippen LogP contribution in [0.2, 0.25) is 0 Å². The van der Waals surface area contributed by atoms with Crippen molar-refractivity contribution in [3.05, 3.63) is 12.4 Å². The second-order valence-electron chi connectivity index (χ2n) is 2.88. The molecule has 1 aromatic heterocycles. The van der Waals surface area contributed by atoms with Crippen LogP contribution in [-0.2, 0) is 10.0 Å². The third-order valence-electron chi connectivity index (χ3n) is 1.80. The number of hydrogen-bond donors (Lipinski definition) is 4. The zero-order valence-corrected chi connectivity index (χ0v) is 9.58. The molecule has 0 bridgehead atoms. The van der Waals surface area contributed by atoms with E-state index in [1.54, 1.807) is 6.07 Å². The van der Waals surface area contributed by atoms with Crippen molar-refractivity contribution in [3.63, 3.8) is 0 Å². The molecular weight excluding hydrogens is 232 g/mol. The van der Waals surface area contributed by atoms with E-state index in [0.717, 1.165) is 0 Å². The van der Waals surface area contributed by atoms with Gasteiger partial charge in [0.15, 0.2) is 0 Å². The van der Waals surface area contributed by atoms with Crippen LogP contribution in [0, 0.1) is 0 Å². The summed E-state index contributed by atoms with van der Waals surface area (Å²) in [6.07, 6.45) is 1.32. The third kappa shape index (κ3) is 3.96. The highest BCUT2D eigenvalue weighted by Gasteiger charge is 2.06. The van der Waals surface area contributed by atoms with Crippen molar-refractivity contribution >= 4 is 21.7 Å². The zero-order chi connectivity index (χ0) is 12.0. The van der Waals surface area contributed by atoms with Gasteiger partial charge >= 0.3 is 0 Å². The average molecular weight is 246 g/mol. The Hall–Kier alpha value is -1.45. The lowest BCUT2D eigenvalue weighted by molar-refractivity contribution is 0.588. The standard InChI is InChI=1S/C7H14N6O2S/c1-9-16(14,15)3-2-10-6-4-7(13-8)12-5-11-6/h4-5,9H,2-3,8H2,1H3,(H2,10,11,12,13). The van der Waals surface area contributed by atoms with Crippen LogP contribution in [-0.4, -0.2) is 37.7 Å². The Morgan fingerprint density at radius 1 is 1.38 bits per heavy atom. The third-order valence-corrected chi connectivity index (χ3v) is 3.17. The number of hydrazine groups is 1. The Balaban J connectivity index is 2.49. The second kappa shape index (κ2) is 5.58. The molecule has 8 nitrogen and oxygen atoms in total. The maximum Gasteiger partial charge on any atom is 0.213 e. The number of sulfonamides is 1. The lowest BCUT2D eigenvalue weighted by atomic mass is 10.5. The van der Waals surface area contributed by atoms with Gasteiger partial charge in [0.1, 0.15) is 18.0 Å². The number of nitrogens with zero attached hydrogens (tertiary/aromatic N) is 2. The average Bonchev–Trinajstić information content (AvgIpc) is 2.29. The first-order valence-corrected chi connectivity index (χ1v) is 6.16. The molecule has 0 spiro atoms. The summed E-state index contributed by atoms with van der Waals surface area (Å²) in [6.45, 7) is 0.254. The van der Waals surface area contributed by atoms with E-state index < -0.39 is 10.0 Å². The fraction of sp³-hybridized carbons (Fsp3) is 0.429. The van der Waals surface area contributed by atoms with Crippen LogP contribution in [0.25, 0.3) is 0 Å². The van der Waals surface area contributed by atoms with E-state index in [-0.39, 0.29) is 12.3 Å². The summed E-state index contributed by atoms with van der Waals surface area (Å²) in [5.41, 5.74) is 2.36. The van der Waals surface area contributed by atoms with Crippen molar-refractivity contribution in [2.75, 3.05) is 30.1 Å². The molecule has 0 aliphatic rings. The molecule has 0 fully saturated rings. The van der Waals surface area contributed by atoms with Gasteiger partial charge in [0.2, 0.25) is 10.0 Å². The molecule has 5 N–H and O–H groups in total. The number of nitrogen functional groups attached to an aromatic ring is 1. The van der Waals surface area contributed by atoms with Gasteiger partial charge in [0.25, 0.3) is 0 Å². The number of aromatic nitrogens is 2. The molecule has 1 aromatic rings. The van der Waals surface area contributed by atoms with Crippen LogP contribution in [0.3, 0.4) is 0 Å². The first-order valence-electron chi connectivity index (χ1n) is 4.51. The normalized spacial score (nSPS) is 11.1. The maximum absolute atomic E-state index is 11.1.